The molecule has 1 aromatic rings. The van der Waals surface area contributed by atoms with Gasteiger partial charge in [-0.05, 0) is 37.1 Å². The number of hydrogen-bond donors (Lipinski definition) is 1. The molecule has 1 aliphatic carbocycles. The van der Waals surface area contributed by atoms with Crippen molar-refractivity contribution in [3.8, 4) is 5.75 Å². The number of amides is 4. The Morgan fingerprint density at radius 3 is 2.24 bits per heavy atom. The van der Waals surface area contributed by atoms with Crippen LogP contribution in [-0.4, -0.2) is 60.7 Å². The van der Waals surface area contributed by atoms with Crippen molar-refractivity contribution in [1.29, 1.82) is 0 Å². The third-order valence-corrected chi connectivity index (χ3v) is 5.66. The Morgan fingerprint density at radius 1 is 1.10 bits per heavy atom. The van der Waals surface area contributed by atoms with Gasteiger partial charge in [0.05, 0.1) is 25.5 Å². The van der Waals surface area contributed by atoms with E-state index < -0.39 is 0 Å². The number of anilines is 1. The van der Waals surface area contributed by atoms with Gasteiger partial charge in [-0.15, -0.1) is 0 Å². The number of imide groups is 1. The van der Waals surface area contributed by atoms with E-state index in [1.807, 2.05) is 0 Å². The zero-order valence-corrected chi connectivity index (χ0v) is 16.8. The minimum absolute atomic E-state index is 0.0171. The van der Waals surface area contributed by atoms with Crippen LogP contribution in [0.15, 0.2) is 24.3 Å². The summed E-state index contributed by atoms with van der Waals surface area (Å²) in [5.74, 6) is -0.643. The SMILES string of the molecule is COc1ccc(NC(=O)CN(C)C(=O)CCN2C(=O)[C@H]3CCCC[C@@H]3C2=O)cc1. The molecule has 0 unspecified atom stereocenters. The zero-order chi connectivity index (χ0) is 21.0. The highest BCUT2D eigenvalue weighted by atomic mass is 16.5. The Labute approximate surface area is 170 Å². The lowest BCUT2D eigenvalue weighted by Gasteiger charge is -2.19. The number of rotatable bonds is 7. The number of methoxy groups -OCH3 is 1. The van der Waals surface area contributed by atoms with Crippen molar-refractivity contribution in [3.05, 3.63) is 24.3 Å². The number of likely N-dealkylation sites (N-methyl/N-ethyl adjacent to an activating group) is 1. The summed E-state index contributed by atoms with van der Waals surface area (Å²) >= 11 is 0. The van der Waals surface area contributed by atoms with Gasteiger partial charge in [0.2, 0.25) is 23.6 Å². The maximum atomic E-state index is 12.5. The standard InChI is InChI=1S/C21H27N3O5/c1-23(13-18(25)22-14-7-9-15(29-2)10-8-14)19(26)11-12-24-20(27)16-5-3-4-6-17(16)21(24)28/h7-10,16-17H,3-6,11-13H2,1-2H3,(H,22,25)/t16-,17-/m0/s1. The Bertz CT molecular complexity index is 768. The molecule has 1 aliphatic heterocycles. The average Bonchev–Trinajstić information content (AvgIpc) is 2.97. The van der Waals surface area contributed by atoms with Gasteiger partial charge in [0.25, 0.3) is 0 Å². The molecule has 8 heteroatoms. The number of ether oxygens (including phenoxy) is 1. The molecule has 0 radical (unpaired) electrons. The lowest BCUT2D eigenvalue weighted by Crippen LogP contribution is -2.38. The van der Waals surface area contributed by atoms with Crippen LogP contribution in [0.3, 0.4) is 0 Å². The van der Waals surface area contributed by atoms with Crippen LogP contribution in [0.4, 0.5) is 5.69 Å². The molecule has 0 bridgehead atoms. The molecule has 0 aromatic heterocycles. The molecule has 1 saturated carbocycles. The molecule has 156 valence electrons. The summed E-state index contributed by atoms with van der Waals surface area (Å²) < 4.78 is 5.07. The Hall–Kier alpha value is -2.90. The Morgan fingerprint density at radius 2 is 1.69 bits per heavy atom. The lowest BCUT2D eigenvalue weighted by atomic mass is 9.81. The van der Waals surface area contributed by atoms with Gasteiger partial charge in [-0.25, -0.2) is 0 Å². The highest BCUT2D eigenvalue weighted by molar-refractivity contribution is 6.05. The van der Waals surface area contributed by atoms with Gasteiger partial charge < -0.3 is 15.0 Å². The summed E-state index contributed by atoms with van der Waals surface area (Å²) in [5.41, 5.74) is 0.604. The molecule has 4 amide bonds. The van der Waals surface area contributed by atoms with Gasteiger partial charge in [-0.3, -0.25) is 24.1 Å². The third kappa shape index (κ3) is 4.75. The molecule has 1 heterocycles. The van der Waals surface area contributed by atoms with E-state index in [0.29, 0.717) is 11.4 Å². The number of benzene rings is 1. The van der Waals surface area contributed by atoms with Gasteiger partial charge in [0.15, 0.2) is 0 Å². The van der Waals surface area contributed by atoms with E-state index in [2.05, 4.69) is 5.32 Å². The molecule has 2 atom stereocenters. The van der Waals surface area contributed by atoms with E-state index in [-0.39, 0.29) is 55.0 Å². The second-order valence-electron chi connectivity index (χ2n) is 7.60. The molecular weight excluding hydrogens is 374 g/mol. The minimum atomic E-state index is -0.328. The molecule has 3 rings (SSSR count). The molecular formula is C21H27N3O5. The van der Waals surface area contributed by atoms with Gasteiger partial charge in [0, 0.05) is 25.7 Å². The predicted octanol–water partition coefficient (Wildman–Crippen LogP) is 1.66. The summed E-state index contributed by atoms with van der Waals surface area (Å²) in [6, 6.07) is 6.88. The van der Waals surface area contributed by atoms with Crippen molar-refractivity contribution in [2.24, 2.45) is 11.8 Å². The maximum absolute atomic E-state index is 12.5. The van der Waals surface area contributed by atoms with Crippen molar-refractivity contribution in [2.45, 2.75) is 32.1 Å². The molecule has 1 aromatic carbocycles. The number of hydrogen-bond acceptors (Lipinski definition) is 5. The number of fused-ring (bicyclic) bond motifs is 1. The number of carbonyl (C=O) groups excluding carboxylic acids is 4. The number of nitrogens with zero attached hydrogens (tertiary/aromatic N) is 2. The topological polar surface area (TPSA) is 96.0 Å². The molecule has 8 nitrogen and oxygen atoms in total. The van der Waals surface area contributed by atoms with E-state index in [9.17, 15) is 19.2 Å². The fourth-order valence-electron chi connectivity index (χ4n) is 4.03. The van der Waals surface area contributed by atoms with Crippen molar-refractivity contribution in [1.82, 2.24) is 9.80 Å². The minimum Gasteiger partial charge on any atom is -0.497 e. The Balaban J connectivity index is 1.47. The molecule has 0 spiro atoms. The van der Waals surface area contributed by atoms with E-state index in [1.165, 1.54) is 16.8 Å². The summed E-state index contributed by atoms with van der Waals surface area (Å²) in [6.45, 7) is -0.0358. The van der Waals surface area contributed by atoms with Crippen LogP contribution in [0.25, 0.3) is 0 Å². The van der Waals surface area contributed by atoms with Gasteiger partial charge in [0.1, 0.15) is 5.75 Å². The van der Waals surface area contributed by atoms with E-state index in [4.69, 9.17) is 4.74 Å². The molecule has 1 saturated heterocycles. The van der Waals surface area contributed by atoms with Crippen LogP contribution >= 0.6 is 0 Å². The first-order valence-corrected chi connectivity index (χ1v) is 9.94. The average molecular weight is 401 g/mol. The summed E-state index contributed by atoms with van der Waals surface area (Å²) in [4.78, 5) is 52.0. The molecule has 29 heavy (non-hydrogen) atoms. The van der Waals surface area contributed by atoms with Gasteiger partial charge >= 0.3 is 0 Å². The lowest BCUT2D eigenvalue weighted by molar-refractivity contribution is -0.141. The highest BCUT2D eigenvalue weighted by Crippen LogP contribution is 2.37. The fourth-order valence-corrected chi connectivity index (χ4v) is 4.03. The monoisotopic (exact) mass is 401 g/mol. The number of carbonyl (C=O) groups is 4. The quantitative estimate of drug-likeness (QED) is 0.701. The first-order valence-electron chi connectivity index (χ1n) is 9.94. The fraction of sp³-hybridized carbons (Fsp3) is 0.524. The highest BCUT2D eigenvalue weighted by Gasteiger charge is 2.47. The van der Waals surface area contributed by atoms with Crippen molar-refractivity contribution < 1.29 is 23.9 Å². The van der Waals surface area contributed by atoms with E-state index >= 15 is 0 Å². The normalized spacial score (nSPS) is 21.0. The predicted molar refractivity (Wildman–Crippen MR) is 106 cm³/mol. The zero-order valence-electron chi connectivity index (χ0n) is 16.8. The number of nitrogens with one attached hydrogen (secondary N) is 1. The van der Waals surface area contributed by atoms with Crippen molar-refractivity contribution in [3.63, 3.8) is 0 Å². The second kappa shape index (κ2) is 9.07. The summed E-state index contributed by atoms with van der Waals surface area (Å²) in [7, 11) is 3.09. The van der Waals surface area contributed by atoms with Crippen LogP contribution in [0.2, 0.25) is 0 Å². The molecule has 1 N–H and O–H groups in total. The van der Waals surface area contributed by atoms with Crippen LogP contribution in [0.5, 0.6) is 5.75 Å². The van der Waals surface area contributed by atoms with Crippen molar-refractivity contribution in [2.75, 3.05) is 32.6 Å². The van der Waals surface area contributed by atoms with Crippen LogP contribution < -0.4 is 10.1 Å². The van der Waals surface area contributed by atoms with Crippen LogP contribution in [0.1, 0.15) is 32.1 Å². The second-order valence-corrected chi connectivity index (χ2v) is 7.60. The van der Waals surface area contributed by atoms with Gasteiger partial charge in [-0.2, -0.15) is 0 Å². The van der Waals surface area contributed by atoms with E-state index in [0.717, 1.165) is 25.7 Å². The van der Waals surface area contributed by atoms with Crippen molar-refractivity contribution >= 4 is 29.3 Å². The first kappa shape index (κ1) is 20.8. The Kier molecular flexibility index (Phi) is 6.51. The molecule has 2 aliphatic rings. The van der Waals surface area contributed by atoms with E-state index in [1.54, 1.807) is 31.4 Å². The number of likely N-dealkylation sites (tertiary alicyclic amines) is 1. The van der Waals surface area contributed by atoms with Crippen LogP contribution in [-0.2, 0) is 19.2 Å². The third-order valence-electron chi connectivity index (χ3n) is 5.66. The van der Waals surface area contributed by atoms with Crippen LogP contribution in [0, 0.1) is 11.8 Å². The first-order chi connectivity index (χ1) is 13.9. The summed E-state index contributed by atoms with van der Waals surface area (Å²) in [6.07, 6.45) is 3.47. The smallest absolute Gasteiger partial charge is 0.243 e. The molecule has 2 fully saturated rings. The van der Waals surface area contributed by atoms with Gasteiger partial charge in [-0.1, -0.05) is 12.8 Å². The summed E-state index contributed by atoms with van der Waals surface area (Å²) in [5, 5.41) is 2.72. The maximum Gasteiger partial charge on any atom is 0.243 e. The largest absolute Gasteiger partial charge is 0.497 e.